The Morgan fingerprint density at radius 2 is 1.89 bits per heavy atom. The van der Waals surface area contributed by atoms with Crippen molar-refractivity contribution in [3.8, 4) is 0 Å². The van der Waals surface area contributed by atoms with Gasteiger partial charge in [-0.3, -0.25) is 0 Å². The summed E-state index contributed by atoms with van der Waals surface area (Å²) in [6, 6.07) is 0.640. The maximum Gasteiger partial charge on any atom is 0.0472 e. The van der Waals surface area contributed by atoms with E-state index in [9.17, 15) is 0 Å². The van der Waals surface area contributed by atoms with Crippen LogP contribution in [-0.4, -0.2) is 50.3 Å². The maximum absolute atomic E-state index is 5.56. The second kappa shape index (κ2) is 8.13. The van der Waals surface area contributed by atoms with Crippen LogP contribution in [-0.2, 0) is 4.74 Å². The molecular weight excluding hydrogens is 224 g/mol. The van der Waals surface area contributed by atoms with Crippen LogP contribution in [0.25, 0.3) is 0 Å². The van der Waals surface area contributed by atoms with Gasteiger partial charge in [0.15, 0.2) is 0 Å². The Labute approximate surface area is 113 Å². The largest absolute Gasteiger partial charge is 0.381 e. The summed E-state index contributed by atoms with van der Waals surface area (Å²) in [4.78, 5) is 2.60. The van der Waals surface area contributed by atoms with Gasteiger partial charge in [-0.1, -0.05) is 13.8 Å². The molecule has 1 rings (SSSR count). The van der Waals surface area contributed by atoms with E-state index in [4.69, 9.17) is 4.74 Å². The molecule has 0 aromatic carbocycles. The van der Waals surface area contributed by atoms with Gasteiger partial charge in [-0.05, 0) is 51.6 Å². The second-order valence-electron chi connectivity index (χ2n) is 5.95. The van der Waals surface area contributed by atoms with Gasteiger partial charge in [-0.2, -0.15) is 0 Å². The third-order valence-corrected chi connectivity index (χ3v) is 4.16. The minimum Gasteiger partial charge on any atom is -0.381 e. The van der Waals surface area contributed by atoms with Gasteiger partial charge < -0.3 is 15.0 Å². The third kappa shape index (κ3) is 4.87. The van der Waals surface area contributed by atoms with Crippen molar-refractivity contribution >= 4 is 0 Å². The zero-order valence-electron chi connectivity index (χ0n) is 12.8. The van der Waals surface area contributed by atoms with Crippen LogP contribution >= 0.6 is 0 Å². The molecule has 0 spiro atoms. The molecule has 3 nitrogen and oxygen atoms in total. The van der Waals surface area contributed by atoms with Gasteiger partial charge >= 0.3 is 0 Å². The molecule has 1 heterocycles. The smallest absolute Gasteiger partial charge is 0.0472 e. The van der Waals surface area contributed by atoms with Gasteiger partial charge in [0.25, 0.3) is 0 Å². The predicted octanol–water partition coefficient (Wildman–Crippen LogP) is 2.51. The van der Waals surface area contributed by atoms with Gasteiger partial charge in [-0.25, -0.2) is 0 Å². The summed E-state index contributed by atoms with van der Waals surface area (Å²) in [5, 5.41) is 3.63. The Balaban J connectivity index is 2.58. The van der Waals surface area contributed by atoms with Crippen LogP contribution in [0.3, 0.4) is 0 Å². The van der Waals surface area contributed by atoms with E-state index in [1.165, 1.54) is 25.8 Å². The molecule has 0 saturated carbocycles. The third-order valence-electron chi connectivity index (χ3n) is 4.16. The Bertz CT molecular complexity index is 213. The van der Waals surface area contributed by atoms with Gasteiger partial charge in [0.2, 0.25) is 0 Å². The lowest BCUT2D eigenvalue weighted by atomic mass is 9.79. The molecule has 0 amide bonds. The van der Waals surface area contributed by atoms with Gasteiger partial charge in [0.05, 0.1) is 0 Å². The minimum absolute atomic E-state index is 0.424. The molecule has 1 aliphatic rings. The number of hydrogen-bond acceptors (Lipinski definition) is 3. The first-order valence-corrected chi connectivity index (χ1v) is 7.66. The van der Waals surface area contributed by atoms with Crippen LogP contribution < -0.4 is 5.32 Å². The molecule has 1 saturated heterocycles. The fourth-order valence-electron chi connectivity index (χ4n) is 2.82. The lowest BCUT2D eigenvalue weighted by Gasteiger charge is -2.42. The first-order chi connectivity index (χ1) is 8.63. The van der Waals surface area contributed by atoms with Gasteiger partial charge in [0, 0.05) is 32.3 Å². The van der Waals surface area contributed by atoms with Crippen LogP contribution in [0, 0.1) is 5.41 Å². The average Bonchev–Trinajstić information content (AvgIpc) is 2.37. The molecule has 0 aromatic rings. The first kappa shape index (κ1) is 15.9. The van der Waals surface area contributed by atoms with Crippen molar-refractivity contribution in [1.82, 2.24) is 10.2 Å². The first-order valence-electron chi connectivity index (χ1n) is 7.66. The average molecular weight is 256 g/mol. The van der Waals surface area contributed by atoms with E-state index in [0.717, 1.165) is 32.8 Å². The fraction of sp³-hybridized carbons (Fsp3) is 1.00. The molecule has 0 unspecified atom stereocenters. The van der Waals surface area contributed by atoms with Crippen molar-refractivity contribution in [2.45, 2.75) is 53.0 Å². The standard InChI is InChI=1S/C15H32N2O/c1-5-9-16-12-15(7-10-18-11-8-15)13-17(6-2)14(3)4/h14,16H,5-13H2,1-4H3. The van der Waals surface area contributed by atoms with E-state index in [-0.39, 0.29) is 0 Å². The summed E-state index contributed by atoms with van der Waals surface area (Å²) in [6.07, 6.45) is 3.62. The highest BCUT2D eigenvalue weighted by Gasteiger charge is 2.34. The molecule has 1 aliphatic heterocycles. The second-order valence-corrected chi connectivity index (χ2v) is 5.95. The van der Waals surface area contributed by atoms with Crippen molar-refractivity contribution < 1.29 is 4.74 Å². The van der Waals surface area contributed by atoms with Crippen LogP contribution in [0.5, 0.6) is 0 Å². The number of nitrogens with one attached hydrogen (secondary N) is 1. The Morgan fingerprint density at radius 1 is 1.22 bits per heavy atom. The molecule has 0 aliphatic carbocycles. The molecule has 0 bridgehead atoms. The van der Waals surface area contributed by atoms with E-state index in [0.29, 0.717) is 11.5 Å². The van der Waals surface area contributed by atoms with E-state index >= 15 is 0 Å². The molecule has 0 atom stereocenters. The normalized spacial score (nSPS) is 19.7. The lowest BCUT2D eigenvalue weighted by molar-refractivity contribution is -0.00840. The van der Waals surface area contributed by atoms with E-state index in [1.54, 1.807) is 0 Å². The Morgan fingerprint density at radius 3 is 2.39 bits per heavy atom. The minimum atomic E-state index is 0.424. The number of nitrogens with zero attached hydrogens (tertiary/aromatic N) is 1. The lowest BCUT2D eigenvalue weighted by Crippen LogP contribution is -2.49. The molecular formula is C15H32N2O. The summed E-state index contributed by atoms with van der Waals surface area (Å²) in [5.74, 6) is 0. The summed E-state index contributed by atoms with van der Waals surface area (Å²) in [6.45, 7) is 15.6. The maximum atomic E-state index is 5.56. The highest BCUT2D eigenvalue weighted by Crippen LogP contribution is 2.31. The Hall–Kier alpha value is -0.120. The van der Waals surface area contributed by atoms with Crippen LogP contribution in [0.1, 0.15) is 47.0 Å². The number of ether oxygens (including phenoxy) is 1. The van der Waals surface area contributed by atoms with Crippen molar-refractivity contribution in [3.63, 3.8) is 0 Å². The van der Waals surface area contributed by atoms with Gasteiger partial charge in [0.1, 0.15) is 0 Å². The van der Waals surface area contributed by atoms with Crippen LogP contribution in [0.15, 0.2) is 0 Å². The molecule has 18 heavy (non-hydrogen) atoms. The monoisotopic (exact) mass is 256 g/mol. The fourth-order valence-corrected chi connectivity index (χ4v) is 2.82. The quantitative estimate of drug-likeness (QED) is 0.675. The van der Waals surface area contributed by atoms with Crippen LogP contribution in [0.4, 0.5) is 0 Å². The zero-order valence-corrected chi connectivity index (χ0v) is 12.8. The molecule has 3 heteroatoms. The number of hydrogen-bond donors (Lipinski definition) is 1. The summed E-state index contributed by atoms with van der Waals surface area (Å²) >= 11 is 0. The number of rotatable bonds is 8. The van der Waals surface area contributed by atoms with Crippen LogP contribution in [0.2, 0.25) is 0 Å². The SMILES string of the molecule is CCCNCC1(CN(CC)C(C)C)CCOCC1. The molecule has 0 radical (unpaired) electrons. The molecule has 1 fully saturated rings. The molecule has 0 aromatic heterocycles. The Kier molecular flexibility index (Phi) is 7.20. The van der Waals surface area contributed by atoms with Crippen molar-refractivity contribution in [2.24, 2.45) is 5.41 Å². The van der Waals surface area contributed by atoms with E-state index < -0.39 is 0 Å². The molecule has 108 valence electrons. The van der Waals surface area contributed by atoms with Gasteiger partial charge in [-0.15, -0.1) is 0 Å². The van der Waals surface area contributed by atoms with E-state index in [2.05, 4.69) is 37.9 Å². The van der Waals surface area contributed by atoms with E-state index in [1.807, 2.05) is 0 Å². The predicted molar refractivity (Wildman–Crippen MR) is 78.0 cm³/mol. The summed E-state index contributed by atoms with van der Waals surface area (Å²) < 4.78 is 5.56. The topological polar surface area (TPSA) is 24.5 Å². The zero-order chi connectivity index (χ0) is 13.4. The summed E-state index contributed by atoms with van der Waals surface area (Å²) in [5.41, 5.74) is 0.424. The highest BCUT2D eigenvalue weighted by molar-refractivity contribution is 4.87. The highest BCUT2D eigenvalue weighted by atomic mass is 16.5. The summed E-state index contributed by atoms with van der Waals surface area (Å²) in [7, 11) is 0. The van der Waals surface area contributed by atoms with Crippen molar-refractivity contribution in [3.05, 3.63) is 0 Å². The van der Waals surface area contributed by atoms with Crippen molar-refractivity contribution in [1.29, 1.82) is 0 Å². The molecule has 1 N–H and O–H groups in total. The van der Waals surface area contributed by atoms with Crippen molar-refractivity contribution in [2.75, 3.05) is 39.4 Å².